The lowest BCUT2D eigenvalue weighted by molar-refractivity contribution is -0.140. The summed E-state index contributed by atoms with van der Waals surface area (Å²) in [4.78, 5) is 22.6. The van der Waals surface area contributed by atoms with E-state index in [9.17, 15) is 14.7 Å². The molecule has 0 aromatic heterocycles. The first-order valence-electron chi connectivity index (χ1n) is 7.30. The minimum absolute atomic E-state index is 0.168. The maximum absolute atomic E-state index is 11.7. The summed E-state index contributed by atoms with van der Waals surface area (Å²) < 4.78 is 9.63. The molecule has 22 heavy (non-hydrogen) atoms. The zero-order valence-electron chi connectivity index (χ0n) is 12.8. The average Bonchev–Trinajstić information content (AvgIpc) is 2.56. The molecule has 0 saturated carbocycles. The zero-order valence-corrected chi connectivity index (χ0v) is 12.8. The van der Waals surface area contributed by atoms with Crippen molar-refractivity contribution in [2.24, 2.45) is 0 Å². The van der Waals surface area contributed by atoms with Crippen molar-refractivity contribution in [1.82, 2.24) is 5.32 Å². The molecule has 6 heteroatoms. The van der Waals surface area contributed by atoms with Gasteiger partial charge in [0.05, 0.1) is 19.8 Å². The molecular weight excluding hydrogens is 286 g/mol. The van der Waals surface area contributed by atoms with Gasteiger partial charge in [0.1, 0.15) is 6.61 Å². The predicted octanol–water partition coefficient (Wildman–Crippen LogP) is 2.01. The molecule has 0 aliphatic heterocycles. The number of aliphatic hydroxyl groups excluding tert-OH is 1. The SMILES string of the molecule is COC(=O)CCCCC(CO)NC(=O)OCc1ccccc1. The van der Waals surface area contributed by atoms with Crippen molar-refractivity contribution < 1.29 is 24.2 Å². The minimum atomic E-state index is -0.559. The fraction of sp³-hybridized carbons (Fsp3) is 0.500. The van der Waals surface area contributed by atoms with Gasteiger partial charge in [0, 0.05) is 6.42 Å². The first-order valence-corrected chi connectivity index (χ1v) is 7.30. The average molecular weight is 309 g/mol. The van der Waals surface area contributed by atoms with E-state index in [1.54, 1.807) is 0 Å². The molecule has 1 aromatic carbocycles. The van der Waals surface area contributed by atoms with Gasteiger partial charge in [-0.05, 0) is 18.4 Å². The molecule has 1 amide bonds. The fourth-order valence-electron chi connectivity index (χ4n) is 1.90. The lowest BCUT2D eigenvalue weighted by Gasteiger charge is -2.16. The van der Waals surface area contributed by atoms with E-state index in [1.807, 2.05) is 30.3 Å². The number of alkyl carbamates (subject to hydrolysis) is 1. The van der Waals surface area contributed by atoms with Crippen LogP contribution in [0.25, 0.3) is 0 Å². The molecular formula is C16H23NO5. The second-order valence-electron chi connectivity index (χ2n) is 4.91. The van der Waals surface area contributed by atoms with Crippen LogP contribution in [0.1, 0.15) is 31.2 Å². The molecule has 1 atom stereocenters. The number of esters is 1. The van der Waals surface area contributed by atoms with Crippen molar-refractivity contribution >= 4 is 12.1 Å². The molecule has 1 unspecified atom stereocenters. The largest absolute Gasteiger partial charge is 0.469 e. The molecule has 6 nitrogen and oxygen atoms in total. The van der Waals surface area contributed by atoms with Crippen LogP contribution in [0.2, 0.25) is 0 Å². The summed E-state index contributed by atoms with van der Waals surface area (Å²) in [5.41, 5.74) is 0.899. The summed E-state index contributed by atoms with van der Waals surface area (Å²) in [6.07, 6.45) is 1.72. The van der Waals surface area contributed by atoms with Crippen LogP contribution in [0.15, 0.2) is 30.3 Å². The molecule has 2 N–H and O–H groups in total. The Morgan fingerprint density at radius 1 is 1.23 bits per heavy atom. The van der Waals surface area contributed by atoms with Crippen molar-refractivity contribution in [2.45, 2.75) is 38.3 Å². The summed E-state index contributed by atoms with van der Waals surface area (Å²) in [6.45, 7) is 0.0197. The number of carbonyl (C=O) groups is 2. The lowest BCUT2D eigenvalue weighted by atomic mass is 10.1. The smallest absolute Gasteiger partial charge is 0.407 e. The third-order valence-electron chi connectivity index (χ3n) is 3.17. The molecule has 1 rings (SSSR count). The Bertz CT molecular complexity index is 449. The molecule has 1 aromatic rings. The molecule has 122 valence electrons. The highest BCUT2D eigenvalue weighted by Gasteiger charge is 2.12. The highest BCUT2D eigenvalue weighted by atomic mass is 16.5. The number of aliphatic hydroxyl groups is 1. The van der Waals surface area contributed by atoms with E-state index in [-0.39, 0.29) is 25.2 Å². The van der Waals surface area contributed by atoms with Crippen LogP contribution in [0.5, 0.6) is 0 Å². The van der Waals surface area contributed by atoms with Crippen molar-refractivity contribution in [2.75, 3.05) is 13.7 Å². The quantitative estimate of drug-likeness (QED) is 0.538. The molecule has 0 bridgehead atoms. The molecule has 0 heterocycles. The normalized spacial score (nSPS) is 11.5. The zero-order chi connectivity index (χ0) is 16.2. The first-order chi connectivity index (χ1) is 10.7. The minimum Gasteiger partial charge on any atom is -0.469 e. The topological polar surface area (TPSA) is 84.9 Å². The number of rotatable bonds is 9. The Morgan fingerprint density at radius 2 is 1.95 bits per heavy atom. The highest BCUT2D eigenvalue weighted by molar-refractivity contribution is 5.69. The summed E-state index contributed by atoms with van der Waals surface area (Å²) in [7, 11) is 1.35. The van der Waals surface area contributed by atoms with E-state index >= 15 is 0 Å². The van der Waals surface area contributed by atoms with Gasteiger partial charge in [-0.3, -0.25) is 4.79 Å². The number of benzene rings is 1. The van der Waals surface area contributed by atoms with Gasteiger partial charge in [-0.1, -0.05) is 36.8 Å². The fourth-order valence-corrected chi connectivity index (χ4v) is 1.90. The van der Waals surface area contributed by atoms with Crippen LogP contribution in [0, 0.1) is 0 Å². The number of nitrogens with one attached hydrogen (secondary N) is 1. The van der Waals surface area contributed by atoms with E-state index in [4.69, 9.17) is 4.74 Å². The second-order valence-corrected chi connectivity index (χ2v) is 4.91. The molecule has 0 radical (unpaired) electrons. The van der Waals surface area contributed by atoms with Crippen LogP contribution in [0.3, 0.4) is 0 Å². The van der Waals surface area contributed by atoms with E-state index in [0.29, 0.717) is 25.7 Å². The van der Waals surface area contributed by atoms with Gasteiger partial charge in [0.2, 0.25) is 0 Å². The summed E-state index contributed by atoms with van der Waals surface area (Å²) in [6, 6.07) is 8.98. The van der Waals surface area contributed by atoms with E-state index in [2.05, 4.69) is 10.1 Å². The maximum Gasteiger partial charge on any atom is 0.407 e. The molecule has 0 fully saturated rings. The third kappa shape index (κ3) is 7.64. The van der Waals surface area contributed by atoms with E-state index in [0.717, 1.165) is 5.56 Å². The second kappa shape index (κ2) is 10.6. The number of unbranched alkanes of at least 4 members (excludes halogenated alkanes) is 1. The van der Waals surface area contributed by atoms with Crippen LogP contribution in [0.4, 0.5) is 4.79 Å². The summed E-state index contributed by atoms with van der Waals surface area (Å²) in [5, 5.41) is 11.9. The number of ether oxygens (including phenoxy) is 2. The Labute approximate surface area is 130 Å². The van der Waals surface area contributed by atoms with E-state index < -0.39 is 6.09 Å². The van der Waals surface area contributed by atoms with E-state index in [1.165, 1.54) is 7.11 Å². The van der Waals surface area contributed by atoms with Gasteiger partial charge in [0.25, 0.3) is 0 Å². The predicted molar refractivity (Wildman–Crippen MR) is 81.1 cm³/mol. The number of carbonyl (C=O) groups excluding carboxylic acids is 2. The molecule has 0 aliphatic rings. The van der Waals surface area contributed by atoms with Gasteiger partial charge in [-0.25, -0.2) is 4.79 Å². The Hall–Kier alpha value is -2.08. The lowest BCUT2D eigenvalue weighted by Crippen LogP contribution is -2.37. The number of hydrogen-bond donors (Lipinski definition) is 2. The first kappa shape index (κ1) is 18.0. The Kier molecular flexibility index (Phi) is 8.67. The van der Waals surface area contributed by atoms with Crippen LogP contribution >= 0.6 is 0 Å². The van der Waals surface area contributed by atoms with Gasteiger partial charge in [0.15, 0.2) is 0 Å². The number of amides is 1. The van der Waals surface area contributed by atoms with Crippen molar-refractivity contribution in [3.63, 3.8) is 0 Å². The number of methoxy groups -OCH3 is 1. The standard InChI is InChI=1S/C16H23NO5/c1-21-15(19)10-6-5-9-14(11-18)17-16(20)22-12-13-7-3-2-4-8-13/h2-4,7-8,14,18H,5-6,9-12H2,1H3,(H,17,20). The van der Waals surface area contributed by atoms with Crippen LogP contribution in [-0.2, 0) is 20.9 Å². The van der Waals surface area contributed by atoms with Crippen LogP contribution < -0.4 is 5.32 Å². The molecule has 0 saturated heterocycles. The highest BCUT2D eigenvalue weighted by Crippen LogP contribution is 2.06. The van der Waals surface area contributed by atoms with Gasteiger partial charge >= 0.3 is 12.1 Å². The Balaban J connectivity index is 2.21. The van der Waals surface area contributed by atoms with Crippen LogP contribution in [-0.4, -0.2) is 36.9 Å². The van der Waals surface area contributed by atoms with Gasteiger partial charge < -0.3 is 19.9 Å². The maximum atomic E-state index is 11.7. The third-order valence-corrected chi connectivity index (χ3v) is 3.17. The van der Waals surface area contributed by atoms with Crippen molar-refractivity contribution in [3.8, 4) is 0 Å². The Morgan fingerprint density at radius 3 is 2.59 bits per heavy atom. The van der Waals surface area contributed by atoms with Gasteiger partial charge in [-0.15, -0.1) is 0 Å². The number of hydrogen-bond acceptors (Lipinski definition) is 5. The summed E-state index contributed by atoms with van der Waals surface area (Å²) in [5.74, 6) is -0.254. The molecule has 0 spiro atoms. The van der Waals surface area contributed by atoms with Crippen molar-refractivity contribution in [3.05, 3.63) is 35.9 Å². The van der Waals surface area contributed by atoms with Crippen molar-refractivity contribution in [1.29, 1.82) is 0 Å². The van der Waals surface area contributed by atoms with Gasteiger partial charge in [-0.2, -0.15) is 0 Å². The monoisotopic (exact) mass is 309 g/mol. The summed E-state index contributed by atoms with van der Waals surface area (Å²) >= 11 is 0. The molecule has 0 aliphatic carbocycles.